The van der Waals surface area contributed by atoms with Gasteiger partial charge < -0.3 is 72.4 Å². The van der Waals surface area contributed by atoms with Gasteiger partial charge in [-0.05, 0) is 51.4 Å². The van der Waals surface area contributed by atoms with Gasteiger partial charge in [-0.1, -0.05) is 243 Å². The molecule has 8 aromatic carbocycles. The summed E-state index contributed by atoms with van der Waals surface area (Å²) in [7, 11) is 0. The van der Waals surface area contributed by atoms with Crippen LogP contribution in [-0.2, 0) is 114 Å². The molecule has 0 aliphatic carbocycles. The molecule has 3 N–H and O–H groups in total. The van der Waals surface area contributed by atoms with Crippen molar-refractivity contribution < 1.29 is 66.7 Å². The molecule has 8 aromatic rings. The quantitative estimate of drug-likeness (QED) is 0.0436. The van der Waals surface area contributed by atoms with Crippen LogP contribution in [0.1, 0.15) is 51.4 Å². The highest BCUT2D eigenvalue weighted by Crippen LogP contribution is 2.38. The van der Waals surface area contributed by atoms with Gasteiger partial charge in [-0.25, -0.2) is 0 Å². The molecule has 3 aliphatic heterocycles. The molecule has 0 unspecified atom stereocenters. The molecule has 3 saturated heterocycles. The smallest absolute Gasteiger partial charge is 0.187 e. The fourth-order valence-electron chi connectivity index (χ4n) is 11.4. The van der Waals surface area contributed by atoms with Crippen molar-refractivity contribution in [2.75, 3.05) is 13.2 Å². The lowest BCUT2D eigenvalue weighted by Crippen LogP contribution is -2.68. The number of aliphatic hydroxyl groups excluding tert-OH is 1. The van der Waals surface area contributed by atoms with Crippen LogP contribution >= 0.6 is 0 Å². The van der Waals surface area contributed by atoms with Gasteiger partial charge in [0.15, 0.2) is 18.9 Å². The van der Waals surface area contributed by atoms with Crippen LogP contribution < -0.4 is 5.73 Å². The fourth-order valence-corrected chi connectivity index (χ4v) is 11.4. The number of nitrogens with two attached hydrogens (primary N) is 1. The van der Waals surface area contributed by atoms with Gasteiger partial charge in [-0.15, -0.1) is 0 Å². The van der Waals surface area contributed by atoms with Crippen molar-refractivity contribution in [3.05, 3.63) is 287 Å². The summed E-state index contributed by atoms with van der Waals surface area (Å²) in [5, 5.41) is 12.2. The Morgan fingerprint density at radius 3 is 0.910 bits per heavy atom. The minimum absolute atomic E-state index is 0.0124. The van der Waals surface area contributed by atoms with Crippen molar-refractivity contribution in [3.63, 3.8) is 0 Å². The number of hydrogen-bond donors (Lipinski definition) is 2. The molecule has 3 fully saturated rings. The Kier molecular flexibility index (Phi) is 23.8. The Morgan fingerprint density at radius 1 is 0.303 bits per heavy atom. The molecule has 0 spiro atoms. The van der Waals surface area contributed by atoms with E-state index in [9.17, 15) is 5.11 Å². The third kappa shape index (κ3) is 18.2. The molecule has 0 saturated carbocycles. The van der Waals surface area contributed by atoms with Crippen LogP contribution in [0.2, 0.25) is 0 Å². The predicted molar refractivity (Wildman–Crippen MR) is 334 cm³/mol. The summed E-state index contributed by atoms with van der Waals surface area (Å²) >= 11 is 0. The molecule has 15 heteroatoms. The molecule has 0 amide bonds. The van der Waals surface area contributed by atoms with Crippen LogP contribution in [0.3, 0.4) is 0 Å². The topological polar surface area (TPSA) is 166 Å². The van der Waals surface area contributed by atoms with Gasteiger partial charge in [0.2, 0.25) is 0 Å². The van der Waals surface area contributed by atoms with E-state index in [1.165, 1.54) is 0 Å². The second-order valence-corrected chi connectivity index (χ2v) is 22.7. The zero-order valence-electron chi connectivity index (χ0n) is 50.2. The Labute approximate surface area is 522 Å². The Morgan fingerprint density at radius 2 is 0.562 bits per heavy atom. The Hall–Kier alpha value is -6.84. The van der Waals surface area contributed by atoms with Crippen LogP contribution in [-0.4, -0.2) is 110 Å². The van der Waals surface area contributed by atoms with Crippen molar-refractivity contribution in [2.45, 2.75) is 152 Å². The largest absolute Gasteiger partial charge is 0.374 e. The second kappa shape index (κ2) is 33.3. The van der Waals surface area contributed by atoms with Crippen molar-refractivity contribution in [1.82, 2.24) is 0 Å². The number of benzene rings is 8. The minimum Gasteiger partial charge on any atom is -0.374 e. The lowest BCUT2D eigenvalue weighted by Gasteiger charge is -2.51. The van der Waals surface area contributed by atoms with Crippen LogP contribution in [0.4, 0.5) is 0 Å². The average Bonchev–Trinajstić information content (AvgIpc) is 2.69. The molecule has 3 heterocycles. The summed E-state index contributed by atoms with van der Waals surface area (Å²) in [6.07, 6.45) is -14.1. The number of ether oxygens (including phenoxy) is 13. The van der Waals surface area contributed by atoms with Gasteiger partial charge in [0, 0.05) is 0 Å². The first-order valence-corrected chi connectivity index (χ1v) is 30.8. The molecule has 0 radical (unpaired) electrons. The summed E-state index contributed by atoms with van der Waals surface area (Å²) < 4.78 is 91.3. The monoisotopic (exact) mass is 1210 g/mol. The van der Waals surface area contributed by atoms with Crippen LogP contribution in [0.15, 0.2) is 243 Å². The van der Waals surface area contributed by atoms with Gasteiger partial charge in [0.05, 0.1) is 78.2 Å². The van der Waals surface area contributed by atoms with E-state index >= 15 is 0 Å². The summed E-state index contributed by atoms with van der Waals surface area (Å²) in [5.74, 6) is 0. The number of aliphatic hydroxyl groups is 1. The van der Waals surface area contributed by atoms with Gasteiger partial charge in [-0.3, -0.25) is 0 Å². The Balaban J connectivity index is 1.00. The minimum atomic E-state index is -1.47. The van der Waals surface area contributed by atoms with E-state index in [1.54, 1.807) is 0 Å². The fraction of sp³-hybridized carbons (Fsp3) is 0.351. The summed E-state index contributed by atoms with van der Waals surface area (Å²) in [5.41, 5.74) is 14.5. The molecule has 11 rings (SSSR count). The van der Waals surface area contributed by atoms with E-state index in [0.717, 1.165) is 44.5 Å². The first-order chi connectivity index (χ1) is 43.9. The first kappa shape index (κ1) is 63.7. The van der Waals surface area contributed by atoms with E-state index in [2.05, 4.69) is 0 Å². The predicted octanol–water partition coefficient (Wildman–Crippen LogP) is 11.2. The third-order valence-electron chi connectivity index (χ3n) is 16.1. The maximum Gasteiger partial charge on any atom is 0.187 e. The zero-order valence-corrected chi connectivity index (χ0v) is 50.2. The van der Waals surface area contributed by atoms with E-state index in [0.29, 0.717) is 0 Å². The molecule has 3 aliphatic rings. The van der Waals surface area contributed by atoms with Gasteiger partial charge in [-0.2, -0.15) is 0 Å². The van der Waals surface area contributed by atoms with Crippen LogP contribution in [0.25, 0.3) is 0 Å². The van der Waals surface area contributed by atoms with Gasteiger partial charge >= 0.3 is 0 Å². The third-order valence-corrected chi connectivity index (χ3v) is 16.1. The van der Waals surface area contributed by atoms with Crippen LogP contribution in [0, 0.1) is 0 Å². The van der Waals surface area contributed by atoms with E-state index in [-0.39, 0.29) is 66.1 Å². The molecule has 0 aromatic heterocycles. The SMILES string of the molecule is C[C@H]1O[C@H](O[C@H]2[C@H](OCc3ccccc3)[C@@H](OCc3ccccc3)[C@@H](O[C@H]3[C@H](OCc4ccccc4)[C@@H](OCc4ccccc4)[C@H](O)O[C@@H]3COCc3ccccc3)O[C@@H]2COCc2ccccc2)[C@H](OCc2ccccc2)[C@@H](OCc2ccccc2)[C@@H]1N. The highest BCUT2D eigenvalue weighted by atomic mass is 16.8. The maximum atomic E-state index is 12.2. The molecular formula is C74H81NO14. The lowest BCUT2D eigenvalue weighted by molar-refractivity contribution is -0.388. The standard InChI is InChI=1S/C74H81NO14/c1-52-63(75)66(79-44-55-30-14-4-15-31-55)70(83-48-59-38-22-8-23-39-59)73(85-52)88-65-62(51-78-43-54-28-12-3-13-29-54)87-74(71(84-49-60-40-24-9-25-41-60)68(65)81-46-57-34-18-6-19-35-57)89-64-61(50-77-42-53-26-10-2-11-27-53)86-72(76)69(82-47-58-36-20-7-21-37-58)67(64)80-45-56-32-16-5-17-33-56/h2-41,52,61-74,76H,42-51,75H2,1H3/t52-,61-,62-,63-,64-,65-,66+,67+,68+,69-,70-,71-,72-,73-,74-/m1/s1. The lowest BCUT2D eigenvalue weighted by atomic mass is 9.94. The summed E-state index contributed by atoms with van der Waals surface area (Å²) in [6, 6.07) is 78.5. The van der Waals surface area contributed by atoms with Crippen molar-refractivity contribution in [3.8, 4) is 0 Å². The van der Waals surface area contributed by atoms with Crippen molar-refractivity contribution >= 4 is 0 Å². The Bertz CT molecular complexity index is 3220. The second-order valence-electron chi connectivity index (χ2n) is 22.7. The van der Waals surface area contributed by atoms with Crippen molar-refractivity contribution in [1.29, 1.82) is 0 Å². The van der Waals surface area contributed by atoms with Gasteiger partial charge in [0.25, 0.3) is 0 Å². The van der Waals surface area contributed by atoms with Crippen LogP contribution in [0.5, 0.6) is 0 Å². The van der Waals surface area contributed by atoms with E-state index in [4.69, 9.17) is 67.3 Å². The first-order valence-electron chi connectivity index (χ1n) is 30.8. The highest BCUT2D eigenvalue weighted by molar-refractivity contribution is 5.20. The van der Waals surface area contributed by atoms with E-state index in [1.807, 2.05) is 250 Å². The zero-order chi connectivity index (χ0) is 60.8. The molecular weight excluding hydrogens is 1130 g/mol. The molecule has 15 nitrogen and oxygen atoms in total. The molecule has 15 atom stereocenters. The number of rotatable bonds is 30. The summed E-state index contributed by atoms with van der Waals surface area (Å²) in [4.78, 5) is 0. The van der Waals surface area contributed by atoms with Gasteiger partial charge in [0.1, 0.15) is 61.0 Å². The molecule has 466 valence electrons. The van der Waals surface area contributed by atoms with Crippen molar-refractivity contribution in [2.24, 2.45) is 5.73 Å². The number of hydrogen-bond acceptors (Lipinski definition) is 15. The molecule has 0 bridgehead atoms. The summed E-state index contributed by atoms with van der Waals surface area (Å²) in [6.45, 7) is 3.39. The highest BCUT2D eigenvalue weighted by Gasteiger charge is 2.56. The van der Waals surface area contributed by atoms with E-state index < -0.39 is 92.1 Å². The normalized spacial score (nSPS) is 27.0. The molecule has 89 heavy (non-hydrogen) atoms. The maximum absolute atomic E-state index is 12.2. The average molecular weight is 1210 g/mol.